The van der Waals surface area contributed by atoms with Crippen molar-refractivity contribution >= 4 is 22.7 Å². The van der Waals surface area contributed by atoms with E-state index in [-0.39, 0.29) is 16.9 Å². The van der Waals surface area contributed by atoms with Crippen molar-refractivity contribution in [3.63, 3.8) is 0 Å². The molecule has 2 rings (SSSR count). The summed E-state index contributed by atoms with van der Waals surface area (Å²) in [6.07, 6.45) is 0. The summed E-state index contributed by atoms with van der Waals surface area (Å²) in [7, 11) is 1.07. The number of hydrogen-bond acceptors (Lipinski definition) is 3. The van der Waals surface area contributed by atoms with Crippen molar-refractivity contribution in [2.75, 3.05) is 12.8 Å². The molecule has 90 valence electrons. The summed E-state index contributed by atoms with van der Waals surface area (Å²) in [5, 5.41) is -0.423. The highest BCUT2D eigenvalue weighted by Gasteiger charge is 2.24. The molecule has 2 aromatic rings. The van der Waals surface area contributed by atoms with Crippen molar-refractivity contribution in [3.8, 4) is 0 Å². The molecule has 0 saturated heterocycles. The second-order valence-corrected chi connectivity index (χ2v) is 3.31. The molecule has 7 heteroatoms. The van der Waals surface area contributed by atoms with Crippen molar-refractivity contribution in [2.45, 2.75) is 0 Å². The van der Waals surface area contributed by atoms with Crippen molar-refractivity contribution in [3.05, 3.63) is 29.1 Å². The van der Waals surface area contributed by atoms with Crippen LogP contribution in [0.25, 0.3) is 10.9 Å². The minimum absolute atomic E-state index is 0.112. The molecule has 0 radical (unpaired) electrons. The van der Waals surface area contributed by atoms with Crippen molar-refractivity contribution in [1.29, 1.82) is 0 Å². The van der Waals surface area contributed by atoms with Gasteiger partial charge in [-0.3, -0.25) is 0 Å². The van der Waals surface area contributed by atoms with Crippen LogP contribution in [0.4, 0.5) is 19.0 Å². The van der Waals surface area contributed by atoms with Gasteiger partial charge in [-0.2, -0.15) is 0 Å². The first kappa shape index (κ1) is 11.3. The van der Waals surface area contributed by atoms with Crippen LogP contribution in [0, 0.1) is 17.5 Å². The van der Waals surface area contributed by atoms with Crippen molar-refractivity contribution in [1.82, 2.24) is 4.98 Å². The van der Waals surface area contributed by atoms with Crippen LogP contribution in [-0.2, 0) is 4.74 Å². The molecule has 3 N–H and O–H groups in total. The Balaban J connectivity index is 2.90. The smallest absolute Gasteiger partial charge is 0.342 e. The maximum atomic E-state index is 13.5. The topological polar surface area (TPSA) is 68.1 Å². The summed E-state index contributed by atoms with van der Waals surface area (Å²) in [6, 6.07) is 0.719. The maximum absolute atomic E-state index is 13.5. The predicted molar refractivity (Wildman–Crippen MR) is 53.9 cm³/mol. The number of aromatic nitrogens is 1. The number of carbonyl (C=O) groups excluding carboxylic acids is 1. The number of H-pyrrole nitrogens is 1. The average molecular weight is 244 g/mol. The summed E-state index contributed by atoms with van der Waals surface area (Å²) >= 11 is 0. The van der Waals surface area contributed by atoms with Crippen LogP contribution in [0.5, 0.6) is 0 Å². The Hall–Kier alpha value is -2.18. The van der Waals surface area contributed by atoms with Crippen LogP contribution in [0.3, 0.4) is 0 Å². The van der Waals surface area contributed by atoms with Crippen LogP contribution in [0.15, 0.2) is 6.07 Å². The molecular weight excluding hydrogens is 237 g/mol. The second kappa shape index (κ2) is 3.69. The van der Waals surface area contributed by atoms with E-state index in [2.05, 4.69) is 9.72 Å². The molecule has 0 amide bonds. The van der Waals surface area contributed by atoms with Gasteiger partial charge in [-0.1, -0.05) is 0 Å². The number of aromatic amines is 1. The fourth-order valence-corrected chi connectivity index (χ4v) is 1.59. The van der Waals surface area contributed by atoms with E-state index in [0.717, 1.165) is 13.2 Å². The Morgan fingerprint density at radius 1 is 1.35 bits per heavy atom. The van der Waals surface area contributed by atoms with Gasteiger partial charge in [-0.15, -0.1) is 0 Å². The Morgan fingerprint density at radius 2 is 2.00 bits per heavy atom. The first-order valence-electron chi connectivity index (χ1n) is 4.50. The SMILES string of the molecule is COC(=O)c1c(N)[nH]c2cc(F)c(F)c(F)c12. The molecule has 0 aliphatic heterocycles. The molecular formula is C10H7F3N2O2. The van der Waals surface area contributed by atoms with Gasteiger partial charge >= 0.3 is 5.97 Å². The number of nitrogens with one attached hydrogen (secondary N) is 1. The Morgan fingerprint density at radius 3 is 2.59 bits per heavy atom. The number of nitrogen functional groups attached to an aromatic ring is 1. The molecule has 0 unspecified atom stereocenters. The second-order valence-electron chi connectivity index (χ2n) is 3.31. The van der Waals surface area contributed by atoms with E-state index < -0.39 is 28.8 Å². The Labute approximate surface area is 93.2 Å². The first-order valence-corrected chi connectivity index (χ1v) is 4.50. The van der Waals surface area contributed by atoms with Crippen LogP contribution in [-0.4, -0.2) is 18.1 Å². The maximum Gasteiger partial charge on any atom is 0.342 e. The van der Waals surface area contributed by atoms with Gasteiger partial charge in [0.1, 0.15) is 11.4 Å². The third-order valence-electron chi connectivity index (χ3n) is 2.34. The van der Waals surface area contributed by atoms with E-state index >= 15 is 0 Å². The minimum atomic E-state index is -1.67. The molecule has 0 aliphatic carbocycles. The van der Waals surface area contributed by atoms with E-state index in [0.29, 0.717) is 0 Å². The lowest BCUT2D eigenvalue weighted by atomic mass is 10.1. The van der Waals surface area contributed by atoms with E-state index in [4.69, 9.17) is 5.73 Å². The van der Waals surface area contributed by atoms with Crippen LogP contribution in [0.2, 0.25) is 0 Å². The Bertz CT molecular complexity index is 622. The number of rotatable bonds is 1. The fourth-order valence-electron chi connectivity index (χ4n) is 1.59. The molecule has 1 heterocycles. The first-order chi connectivity index (χ1) is 7.97. The van der Waals surface area contributed by atoms with Crippen LogP contribution in [0.1, 0.15) is 10.4 Å². The summed E-state index contributed by atoms with van der Waals surface area (Å²) in [4.78, 5) is 13.7. The number of carbonyl (C=O) groups is 1. The summed E-state index contributed by atoms with van der Waals surface area (Å²) < 4.78 is 43.9. The highest BCUT2D eigenvalue weighted by molar-refractivity contribution is 6.09. The molecule has 0 fully saturated rings. The van der Waals surface area contributed by atoms with E-state index in [9.17, 15) is 18.0 Å². The zero-order valence-corrected chi connectivity index (χ0v) is 8.61. The van der Waals surface area contributed by atoms with E-state index in [1.165, 1.54) is 0 Å². The van der Waals surface area contributed by atoms with Gasteiger partial charge in [0.2, 0.25) is 0 Å². The van der Waals surface area contributed by atoms with Gasteiger partial charge in [0.05, 0.1) is 18.0 Å². The zero-order chi connectivity index (χ0) is 12.7. The number of esters is 1. The predicted octanol–water partition coefficient (Wildman–Crippen LogP) is 1.95. The van der Waals surface area contributed by atoms with Gasteiger partial charge in [0, 0.05) is 6.07 Å². The molecule has 1 aromatic heterocycles. The summed E-state index contributed by atoms with van der Waals surface area (Å²) in [6.45, 7) is 0. The van der Waals surface area contributed by atoms with Gasteiger partial charge in [-0.25, -0.2) is 18.0 Å². The standard InChI is InChI=1S/C10H7F3N2O2/c1-17-10(16)6-5-4(15-9(6)14)2-3(11)7(12)8(5)13/h2,15H,14H2,1H3. The minimum Gasteiger partial charge on any atom is -0.465 e. The third kappa shape index (κ3) is 1.50. The van der Waals surface area contributed by atoms with Crippen LogP contribution >= 0.6 is 0 Å². The van der Waals surface area contributed by atoms with Crippen molar-refractivity contribution < 1.29 is 22.7 Å². The lowest BCUT2D eigenvalue weighted by Crippen LogP contribution is -2.05. The molecule has 17 heavy (non-hydrogen) atoms. The summed E-state index contributed by atoms with van der Waals surface area (Å²) in [5.74, 6) is -5.66. The normalized spacial score (nSPS) is 10.8. The van der Waals surface area contributed by atoms with Crippen molar-refractivity contribution in [2.24, 2.45) is 0 Å². The highest BCUT2D eigenvalue weighted by Crippen LogP contribution is 2.30. The fraction of sp³-hybridized carbons (Fsp3) is 0.100. The molecule has 0 saturated carbocycles. The van der Waals surface area contributed by atoms with Gasteiger partial charge < -0.3 is 15.5 Å². The van der Waals surface area contributed by atoms with Gasteiger partial charge in [0.25, 0.3) is 0 Å². The van der Waals surface area contributed by atoms with Gasteiger partial charge in [-0.05, 0) is 0 Å². The number of fused-ring (bicyclic) bond motifs is 1. The molecule has 0 spiro atoms. The number of nitrogens with two attached hydrogens (primary N) is 1. The number of hydrogen-bond donors (Lipinski definition) is 2. The largest absolute Gasteiger partial charge is 0.465 e. The quantitative estimate of drug-likeness (QED) is 0.595. The number of ether oxygens (including phenoxy) is 1. The highest BCUT2D eigenvalue weighted by atomic mass is 19.2. The average Bonchev–Trinajstić information content (AvgIpc) is 2.61. The number of benzene rings is 1. The number of halogens is 3. The van der Waals surface area contributed by atoms with E-state index in [1.54, 1.807) is 0 Å². The van der Waals surface area contributed by atoms with Crippen LogP contribution < -0.4 is 5.73 Å². The number of anilines is 1. The number of methoxy groups -OCH3 is 1. The molecule has 4 nitrogen and oxygen atoms in total. The van der Waals surface area contributed by atoms with E-state index in [1.807, 2.05) is 0 Å². The molecule has 0 atom stereocenters. The lowest BCUT2D eigenvalue weighted by molar-refractivity contribution is 0.0604. The Kier molecular flexibility index (Phi) is 2.45. The molecule has 0 bridgehead atoms. The zero-order valence-electron chi connectivity index (χ0n) is 8.61. The lowest BCUT2D eigenvalue weighted by Gasteiger charge is -2.00. The third-order valence-corrected chi connectivity index (χ3v) is 2.34. The molecule has 1 aromatic carbocycles. The summed E-state index contributed by atoms with van der Waals surface area (Å²) in [5.41, 5.74) is 4.97. The monoisotopic (exact) mass is 244 g/mol. The molecule has 0 aliphatic rings. The van der Waals surface area contributed by atoms with Gasteiger partial charge in [0.15, 0.2) is 17.5 Å².